The number of aromatic nitrogens is 1. The molecule has 6 heteroatoms. The predicted molar refractivity (Wildman–Crippen MR) is 95.8 cm³/mol. The minimum absolute atomic E-state index is 0.00895. The van der Waals surface area contributed by atoms with E-state index < -0.39 is 17.6 Å². The Morgan fingerprint density at radius 3 is 2.60 bits per heavy atom. The van der Waals surface area contributed by atoms with Crippen LogP contribution in [-0.4, -0.2) is 21.8 Å². The zero-order valence-electron chi connectivity index (χ0n) is 14.1. The lowest BCUT2D eigenvalue weighted by atomic mass is 10.0. The first-order valence-corrected chi connectivity index (χ1v) is 9.29. The number of carboxylic acids is 1. The quantitative estimate of drug-likeness (QED) is 0.482. The largest absolute Gasteiger partial charge is 0.481 e. The fourth-order valence-corrected chi connectivity index (χ4v) is 3.37. The number of nitrogens with zero attached hydrogens (tertiary/aromatic N) is 1. The van der Waals surface area contributed by atoms with Crippen LogP contribution in [0.4, 0.5) is 8.78 Å². The zero-order chi connectivity index (χ0) is 18.2. The maximum atomic E-state index is 14.4. The number of hydrogen-bond acceptors (Lipinski definition) is 3. The Kier molecular flexibility index (Phi) is 7.37. The summed E-state index contributed by atoms with van der Waals surface area (Å²) < 4.78 is 28.8. The Balaban J connectivity index is 2.20. The Hall–Kier alpha value is -1.95. The first-order chi connectivity index (χ1) is 12.0. The van der Waals surface area contributed by atoms with Crippen molar-refractivity contribution in [3.05, 3.63) is 47.7 Å². The summed E-state index contributed by atoms with van der Waals surface area (Å²) >= 11 is 1.57. The lowest BCUT2D eigenvalue weighted by Gasteiger charge is -2.11. The van der Waals surface area contributed by atoms with Crippen molar-refractivity contribution in [3.8, 4) is 11.1 Å². The van der Waals surface area contributed by atoms with Crippen molar-refractivity contribution in [2.24, 2.45) is 0 Å². The van der Waals surface area contributed by atoms with Crippen LogP contribution in [0.2, 0.25) is 0 Å². The van der Waals surface area contributed by atoms with Crippen LogP contribution in [0, 0.1) is 11.6 Å². The number of hydrogen-bond donors (Lipinski definition) is 1. The Bertz CT molecular complexity index is 714. The molecule has 0 saturated carbocycles. The fourth-order valence-electron chi connectivity index (χ4n) is 2.50. The van der Waals surface area contributed by atoms with Gasteiger partial charge in [0, 0.05) is 23.7 Å². The molecule has 0 aliphatic carbocycles. The van der Waals surface area contributed by atoms with E-state index in [2.05, 4.69) is 11.9 Å². The van der Waals surface area contributed by atoms with Crippen LogP contribution in [0.3, 0.4) is 0 Å². The van der Waals surface area contributed by atoms with Crippen LogP contribution < -0.4 is 0 Å². The second-order valence-corrected chi connectivity index (χ2v) is 6.81. The number of rotatable bonds is 9. The van der Waals surface area contributed by atoms with Crippen molar-refractivity contribution in [1.29, 1.82) is 0 Å². The van der Waals surface area contributed by atoms with Gasteiger partial charge in [0.2, 0.25) is 0 Å². The standard InChI is InChI=1S/C19H21F2NO2S/c1-2-10-25-19-14(7-5-9-22-19)13-11-16(20)15(17(21)12-13)6-3-4-8-18(23)24/h5,7,9,11-12H,2-4,6,8,10H2,1H3,(H,23,24). The molecule has 1 heterocycles. The molecule has 0 unspecified atom stereocenters. The van der Waals surface area contributed by atoms with Crippen molar-refractivity contribution in [1.82, 2.24) is 4.98 Å². The molecule has 134 valence electrons. The summed E-state index contributed by atoms with van der Waals surface area (Å²) in [5.74, 6) is -1.21. The molecule has 0 spiro atoms. The second-order valence-electron chi connectivity index (χ2n) is 5.72. The van der Waals surface area contributed by atoms with E-state index in [1.165, 1.54) is 12.1 Å². The fraction of sp³-hybridized carbons (Fsp3) is 0.368. The molecule has 2 rings (SSSR count). The zero-order valence-corrected chi connectivity index (χ0v) is 14.9. The summed E-state index contributed by atoms with van der Waals surface area (Å²) in [6.07, 6.45) is 3.69. The highest BCUT2D eigenvalue weighted by atomic mass is 32.2. The van der Waals surface area contributed by atoms with Crippen LogP contribution in [0.5, 0.6) is 0 Å². The first kappa shape index (κ1) is 19.4. The van der Waals surface area contributed by atoms with Crippen LogP contribution in [0.25, 0.3) is 11.1 Å². The average Bonchev–Trinajstić information content (AvgIpc) is 2.58. The van der Waals surface area contributed by atoms with Gasteiger partial charge in [-0.15, -0.1) is 11.8 Å². The Morgan fingerprint density at radius 1 is 1.24 bits per heavy atom. The molecule has 0 aliphatic heterocycles. The monoisotopic (exact) mass is 365 g/mol. The number of carbonyl (C=O) groups is 1. The van der Waals surface area contributed by atoms with Crippen LogP contribution in [0.1, 0.15) is 38.2 Å². The molecule has 0 saturated heterocycles. The van der Waals surface area contributed by atoms with Crippen molar-refractivity contribution >= 4 is 17.7 Å². The van der Waals surface area contributed by atoms with Crippen molar-refractivity contribution in [2.45, 2.75) is 44.1 Å². The highest BCUT2D eigenvalue weighted by molar-refractivity contribution is 7.99. The van der Waals surface area contributed by atoms with Gasteiger partial charge in [-0.05, 0) is 55.2 Å². The van der Waals surface area contributed by atoms with Gasteiger partial charge in [-0.3, -0.25) is 4.79 Å². The van der Waals surface area contributed by atoms with Gasteiger partial charge in [0.25, 0.3) is 0 Å². The smallest absolute Gasteiger partial charge is 0.303 e. The van der Waals surface area contributed by atoms with E-state index in [4.69, 9.17) is 5.11 Å². The van der Waals surface area contributed by atoms with Crippen LogP contribution in [0.15, 0.2) is 35.5 Å². The van der Waals surface area contributed by atoms with Gasteiger partial charge < -0.3 is 5.11 Å². The minimum Gasteiger partial charge on any atom is -0.481 e. The molecule has 0 atom stereocenters. The Morgan fingerprint density at radius 2 is 1.96 bits per heavy atom. The molecule has 1 aromatic carbocycles. The van der Waals surface area contributed by atoms with Gasteiger partial charge >= 0.3 is 5.97 Å². The molecule has 0 amide bonds. The summed E-state index contributed by atoms with van der Waals surface area (Å²) in [4.78, 5) is 14.8. The summed E-state index contributed by atoms with van der Waals surface area (Å²) in [5, 5.41) is 9.38. The third-order valence-corrected chi connectivity index (χ3v) is 4.94. The van der Waals surface area contributed by atoms with Crippen LogP contribution in [-0.2, 0) is 11.2 Å². The minimum atomic E-state index is -0.898. The maximum Gasteiger partial charge on any atom is 0.303 e. The van der Waals surface area contributed by atoms with E-state index in [0.29, 0.717) is 18.4 Å². The normalized spacial score (nSPS) is 10.8. The maximum absolute atomic E-state index is 14.4. The van der Waals surface area contributed by atoms with Crippen molar-refractivity contribution in [2.75, 3.05) is 5.75 Å². The molecule has 1 N–H and O–H groups in total. The number of carboxylic acid groups (broad SMARTS) is 1. The molecule has 2 aromatic rings. The van der Waals surface area contributed by atoms with E-state index in [0.717, 1.165) is 22.8 Å². The van der Waals surface area contributed by atoms with E-state index in [1.807, 2.05) is 6.07 Å². The number of unbranched alkanes of at least 4 members (excludes halogenated alkanes) is 1. The molecular weight excluding hydrogens is 344 g/mol. The average molecular weight is 365 g/mol. The van der Waals surface area contributed by atoms with Gasteiger partial charge in [0.15, 0.2) is 0 Å². The number of aliphatic carboxylic acids is 1. The molecule has 0 fully saturated rings. The number of benzene rings is 1. The van der Waals surface area contributed by atoms with Crippen LogP contribution >= 0.6 is 11.8 Å². The van der Waals surface area contributed by atoms with E-state index >= 15 is 0 Å². The summed E-state index contributed by atoms with van der Waals surface area (Å²) in [7, 11) is 0. The SMILES string of the molecule is CCCSc1ncccc1-c1cc(F)c(CCCCC(=O)O)c(F)c1. The Labute approximate surface area is 150 Å². The van der Waals surface area contributed by atoms with Gasteiger partial charge in [0.1, 0.15) is 16.7 Å². The molecule has 3 nitrogen and oxygen atoms in total. The lowest BCUT2D eigenvalue weighted by Crippen LogP contribution is -2.00. The van der Waals surface area contributed by atoms with E-state index in [9.17, 15) is 13.6 Å². The predicted octanol–water partition coefficient (Wildman–Crippen LogP) is 5.33. The highest BCUT2D eigenvalue weighted by Crippen LogP contribution is 2.32. The summed E-state index contributed by atoms with van der Waals surface area (Å²) in [5.41, 5.74) is 1.20. The molecule has 1 aromatic heterocycles. The molecule has 25 heavy (non-hydrogen) atoms. The molecule has 0 bridgehead atoms. The number of thioether (sulfide) groups is 1. The molecule has 0 radical (unpaired) electrons. The van der Waals surface area contributed by atoms with Gasteiger partial charge in [-0.1, -0.05) is 13.0 Å². The summed E-state index contributed by atoms with van der Waals surface area (Å²) in [6.45, 7) is 2.06. The lowest BCUT2D eigenvalue weighted by molar-refractivity contribution is -0.137. The van der Waals surface area contributed by atoms with Crippen molar-refractivity contribution in [3.63, 3.8) is 0 Å². The highest BCUT2D eigenvalue weighted by Gasteiger charge is 2.14. The van der Waals surface area contributed by atoms with Gasteiger partial charge in [-0.25, -0.2) is 13.8 Å². The molecular formula is C19H21F2NO2S. The molecule has 0 aliphatic rings. The second kappa shape index (κ2) is 9.51. The number of halogens is 2. The third-order valence-electron chi connectivity index (χ3n) is 3.73. The van der Waals surface area contributed by atoms with Crippen molar-refractivity contribution < 1.29 is 18.7 Å². The van der Waals surface area contributed by atoms with E-state index in [1.54, 1.807) is 24.0 Å². The third kappa shape index (κ3) is 5.53. The van der Waals surface area contributed by atoms with Gasteiger partial charge in [0.05, 0.1) is 0 Å². The summed E-state index contributed by atoms with van der Waals surface area (Å²) in [6, 6.07) is 6.23. The van der Waals surface area contributed by atoms with Gasteiger partial charge in [-0.2, -0.15) is 0 Å². The number of pyridine rings is 1. The first-order valence-electron chi connectivity index (χ1n) is 8.30. The topological polar surface area (TPSA) is 50.2 Å². The van der Waals surface area contributed by atoms with E-state index in [-0.39, 0.29) is 18.4 Å².